The molecular weight excluding hydrogens is 476 g/mol. The molecular formula is C24H25F2N5O3S. The van der Waals surface area contributed by atoms with Gasteiger partial charge in [-0.1, -0.05) is 30.2 Å². The maximum atomic E-state index is 14.1. The summed E-state index contributed by atoms with van der Waals surface area (Å²) in [6.45, 7) is 0. The molecule has 2 aromatic heterocycles. The van der Waals surface area contributed by atoms with Crippen LogP contribution in [0.5, 0.6) is 5.75 Å². The monoisotopic (exact) mass is 501 g/mol. The lowest BCUT2D eigenvalue weighted by atomic mass is 9.95. The van der Waals surface area contributed by atoms with Gasteiger partial charge in [0.2, 0.25) is 5.43 Å². The van der Waals surface area contributed by atoms with Crippen LogP contribution in [0.1, 0.15) is 59.6 Å². The average molecular weight is 502 g/mol. The fraction of sp³-hybridized carbons (Fsp3) is 0.417. The van der Waals surface area contributed by atoms with E-state index in [1.165, 1.54) is 18.3 Å². The van der Waals surface area contributed by atoms with Crippen molar-refractivity contribution in [3.63, 3.8) is 0 Å². The predicted molar refractivity (Wildman–Crippen MR) is 127 cm³/mol. The Morgan fingerprint density at radius 3 is 2.49 bits per heavy atom. The van der Waals surface area contributed by atoms with Crippen LogP contribution >= 0.6 is 11.3 Å². The molecule has 3 heterocycles. The molecule has 1 spiro atoms. The van der Waals surface area contributed by atoms with Crippen molar-refractivity contribution in [3.05, 3.63) is 62.5 Å². The number of hydrogen-bond donors (Lipinski definition) is 1. The molecule has 1 amide bonds. The van der Waals surface area contributed by atoms with Crippen LogP contribution in [-0.2, 0) is 6.42 Å². The normalized spacial score (nSPS) is 17.5. The van der Waals surface area contributed by atoms with E-state index in [-0.39, 0.29) is 28.2 Å². The second-order valence-corrected chi connectivity index (χ2v) is 10.2. The maximum absolute atomic E-state index is 14.1. The Kier molecular flexibility index (Phi) is 5.82. The van der Waals surface area contributed by atoms with E-state index in [1.807, 2.05) is 12.1 Å². The molecule has 35 heavy (non-hydrogen) atoms. The van der Waals surface area contributed by atoms with Gasteiger partial charge in [0.15, 0.2) is 16.5 Å². The molecule has 8 nitrogen and oxygen atoms in total. The van der Waals surface area contributed by atoms with Crippen molar-refractivity contribution in [2.45, 2.75) is 50.6 Å². The highest BCUT2D eigenvalue weighted by atomic mass is 32.1. The Balaban J connectivity index is 1.56. The van der Waals surface area contributed by atoms with Gasteiger partial charge in [-0.15, -0.1) is 10.2 Å². The smallest absolute Gasteiger partial charge is 0.278 e. The lowest BCUT2D eigenvalue weighted by molar-refractivity contribution is 0.0329. The minimum atomic E-state index is -0.723. The number of halogens is 2. The SMILES string of the molecule is CN1C(=O)c2c(O)c(=O)c(-c3nnc(Cc4ccc(F)cc4F)s3)cn2N(C)C12CCCCCC2. The van der Waals surface area contributed by atoms with Crippen molar-refractivity contribution < 1.29 is 18.7 Å². The van der Waals surface area contributed by atoms with Crippen LogP contribution in [0, 0.1) is 11.6 Å². The predicted octanol–water partition coefficient (Wildman–Crippen LogP) is 3.65. The summed E-state index contributed by atoms with van der Waals surface area (Å²) in [7, 11) is 3.57. The van der Waals surface area contributed by atoms with Crippen molar-refractivity contribution in [3.8, 4) is 16.3 Å². The third kappa shape index (κ3) is 3.78. The zero-order valence-electron chi connectivity index (χ0n) is 19.4. The van der Waals surface area contributed by atoms with Crippen LogP contribution in [-0.4, -0.2) is 50.5 Å². The third-order valence-electron chi connectivity index (χ3n) is 7.18. The first-order valence-corrected chi connectivity index (χ1v) is 12.3. The third-order valence-corrected chi connectivity index (χ3v) is 8.14. The molecule has 0 unspecified atom stereocenters. The molecule has 0 radical (unpaired) electrons. The summed E-state index contributed by atoms with van der Waals surface area (Å²) < 4.78 is 28.8. The van der Waals surface area contributed by atoms with Crippen molar-refractivity contribution in [2.24, 2.45) is 0 Å². The number of carbonyl (C=O) groups excluding carboxylic acids is 1. The van der Waals surface area contributed by atoms with Crippen LogP contribution in [0.3, 0.4) is 0 Å². The number of amides is 1. The van der Waals surface area contributed by atoms with Crippen LogP contribution in [0.25, 0.3) is 10.6 Å². The summed E-state index contributed by atoms with van der Waals surface area (Å²) in [6.07, 6.45) is 7.28. The first-order valence-electron chi connectivity index (χ1n) is 11.5. The van der Waals surface area contributed by atoms with Gasteiger partial charge in [-0.3, -0.25) is 19.3 Å². The number of benzene rings is 1. The summed E-state index contributed by atoms with van der Waals surface area (Å²) >= 11 is 1.08. The molecule has 0 saturated heterocycles. The summed E-state index contributed by atoms with van der Waals surface area (Å²) in [4.78, 5) is 28.0. The summed E-state index contributed by atoms with van der Waals surface area (Å²) in [5.74, 6) is -2.41. The van der Waals surface area contributed by atoms with Gasteiger partial charge in [0.05, 0.1) is 5.56 Å². The molecule has 1 aliphatic carbocycles. The minimum Gasteiger partial charge on any atom is -0.502 e. The van der Waals surface area contributed by atoms with Crippen LogP contribution < -0.4 is 10.4 Å². The Bertz CT molecular complexity index is 1360. The fourth-order valence-corrected chi connectivity index (χ4v) is 6.03. The molecule has 11 heteroatoms. The summed E-state index contributed by atoms with van der Waals surface area (Å²) in [5, 5.41) is 21.6. The minimum absolute atomic E-state index is 0.0777. The second kappa shape index (κ2) is 8.71. The van der Waals surface area contributed by atoms with Gasteiger partial charge in [0, 0.05) is 32.8 Å². The van der Waals surface area contributed by atoms with Crippen molar-refractivity contribution in [2.75, 3.05) is 19.1 Å². The lowest BCUT2D eigenvalue weighted by Crippen LogP contribution is -2.67. The van der Waals surface area contributed by atoms with E-state index < -0.39 is 34.4 Å². The quantitative estimate of drug-likeness (QED) is 0.589. The van der Waals surface area contributed by atoms with E-state index in [1.54, 1.807) is 16.6 Å². The van der Waals surface area contributed by atoms with E-state index >= 15 is 0 Å². The zero-order chi connectivity index (χ0) is 24.9. The van der Waals surface area contributed by atoms with Gasteiger partial charge >= 0.3 is 0 Å². The highest BCUT2D eigenvalue weighted by Gasteiger charge is 2.48. The number of nitrogens with zero attached hydrogens (tertiary/aromatic N) is 5. The van der Waals surface area contributed by atoms with Crippen molar-refractivity contribution >= 4 is 17.2 Å². The van der Waals surface area contributed by atoms with Crippen LogP contribution in [0.4, 0.5) is 8.78 Å². The molecule has 1 aliphatic heterocycles. The molecule has 1 N–H and O–H groups in total. The van der Waals surface area contributed by atoms with E-state index in [9.17, 15) is 23.5 Å². The number of aromatic hydroxyl groups is 1. The van der Waals surface area contributed by atoms with Gasteiger partial charge < -0.3 is 10.0 Å². The first kappa shape index (κ1) is 23.4. The molecule has 1 aromatic carbocycles. The molecule has 184 valence electrons. The van der Waals surface area contributed by atoms with Gasteiger partial charge in [0.1, 0.15) is 22.3 Å². The number of fused-ring (bicyclic) bond motifs is 1. The fourth-order valence-electron chi connectivity index (χ4n) is 5.16. The van der Waals surface area contributed by atoms with E-state index in [0.29, 0.717) is 5.01 Å². The number of rotatable bonds is 3. The highest BCUT2D eigenvalue weighted by Crippen LogP contribution is 2.39. The molecule has 0 atom stereocenters. The molecule has 0 bridgehead atoms. The summed E-state index contributed by atoms with van der Waals surface area (Å²) in [5.41, 5.74) is -1.02. The Labute approximate surface area is 204 Å². The van der Waals surface area contributed by atoms with Crippen molar-refractivity contribution in [1.82, 2.24) is 19.8 Å². The van der Waals surface area contributed by atoms with Gasteiger partial charge in [0.25, 0.3) is 5.91 Å². The number of aromatic nitrogens is 3. The first-order chi connectivity index (χ1) is 16.7. The molecule has 2 aliphatic rings. The molecule has 1 fully saturated rings. The maximum Gasteiger partial charge on any atom is 0.278 e. The summed E-state index contributed by atoms with van der Waals surface area (Å²) in [6, 6.07) is 3.31. The van der Waals surface area contributed by atoms with E-state index in [2.05, 4.69) is 10.2 Å². The lowest BCUT2D eigenvalue weighted by Gasteiger charge is -2.53. The Morgan fingerprint density at radius 1 is 1.09 bits per heavy atom. The van der Waals surface area contributed by atoms with E-state index in [4.69, 9.17) is 0 Å². The highest BCUT2D eigenvalue weighted by molar-refractivity contribution is 7.14. The van der Waals surface area contributed by atoms with Gasteiger partial charge in [-0.05, 0) is 37.3 Å². The number of hydrogen-bond acceptors (Lipinski definition) is 7. The molecule has 1 saturated carbocycles. The number of pyridine rings is 1. The zero-order valence-corrected chi connectivity index (χ0v) is 20.2. The Hall–Kier alpha value is -3.34. The standard InChI is InChI=1S/C24H25F2N5O3S/c1-29-23(34)19-21(33)20(32)16(13-31(19)30(2)24(29)9-5-3-4-6-10-24)22-28-27-18(35-22)11-14-7-8-15(25)12-17(14)26/h7-8,12-13,33H,3-6,9-11H2,1-2H3. The van der Waals surface area contributed by atoms with Gasteiger partial charge in [-0.2, -0.15) is 0 Å². The van der Waals surface area contributed by atoms with Crippen molar-refractivity contribution in [1.29, 1.82) is 0 Å². The molecule has 3 aromatic rings. The van der Waals surface area contributed by atoms with E-state index in [0.717, 1.165) is 55.9 Å². The van der Waals surface area contributed by atoms with Gasteiger partial charge in [-0.25, -0.2) is 8.78 Å². The van der Waals surface area contributed by atoms with Crippen LogP contribution in [0.15, 0.2) is 29.2 Å². The largest absolute Gasteiger partial charge is 0.502 e. The second-order valence-electron chi connectivity index (χ2n) is 9.11. The number of carbonyl (C=O) groups is 1. The Morgan fingerprint density at radius 2 is 1.80 bits per heavy atom. The molecule has 5 rings (SSSR count). The van der Waals surface area contributed by atoms with Crippen LogP contribution in [0.2, 0.25) is 0 Å². The average Bonchev–Trinajstić information content (AvgIpc) is 3.15. The topological polar surface area (TPSA) is 91.6 Å².